The number of nitrogens with zero attached hydrogens (tertiary/aromatic N) is 1. The summed E-state index contributed by atoms with van der Waals surface area (Å²) in [5.41, 5.74) is 0.702. The van der Waals surface area contributed by atoms with E-state index in [0.29, 0.717) is 5.69 Å². The second-order valence-corrected chi connectivity index (χ2v) is 5.65. The number of anilines is 1. The van der Waals surface area contributed by atoms with Gasteiger partial charge in [-0.25, -0.2) is 13.2 Å². The van der Waals surface area contributed by atoms with E-state index in [1.165, 1.54) is 25.4 Å². The second-order valence-electron chi connectivity index (χ2n) is 4.00. The zero-order chi connectivity index (χ0) is 14.8. The number of para-hydroxylation sites is 1. The number of hydrogen-bond acceptors (Lipinski definition) is 5. The van der Waals surface area contributed by atoms with Crippen LogP contribution in [0.15, 0.2) is 35.4 Å². The van der Waals surface area contributed by atoms with Crippen molar-refractivity contribution in [3.63, 3.8) is 0 Å². The van der Waals surface area contributed by atoms with E-state index in [4.69, 9.17) is 0 Å². The molecule has 0 atom stereocenters. The number of aryl methyl sites for hydroxylation is 1. The lowest BCUT2D eigenvalue weighted by atomic mass is 10.2. The Bertz CT molecular complexity index is 737. The van der Waals surface area contributed by atoms with Crippen molar-refractivity contribution < 1.29 is 17.9 Å². The smallest absolute Gasteiger partial charge is 0.339 e. The molecule has 0 saturated heterocycles. The molecule has 0 aliphatic heterocycles. The normalized spacial score (nSPS) is 11.1. The quantitative estimate of drug-likeness (QED) is 0.828. The van der Waals surface area contributed by atoms with Crippen molar-refractivity contribution in [3.8, 4) is 0 Å². The zero-order valence-corrected chi connectivity index (χ0v) is 11.7. The molecule has 0 unspecified atom stereocenters. The van der Waals surface area contributed by atoms with Gasteiger partial charge in [0.15, 0.2) is 0 Å². The minimum absolute atomic E-state index is 0.0252. The molecule has 106 valence electrons. The molecule has 1 heterocycles. The van der Waals surface area contributed by atoms with E-state index < -0.39 is 16.0 Å². The fourth-order valence-electron chi connectivity index (χ4n) is 1.67. The van der Waals surface area contributed by atoms with Gasteiger partial charge in [0, 0.05) is 0 Å². The summed E-state index contributed by atoms with van der Waals surface area (Å²) in [6.07, 6.45) is 1.21. The van der Waals surface area contributed by atoms with E-state index in [1.54, 1.807) is 19.1 Å². The SMILES string of the molecule is COC(=O)c1ccccc1NS(=O)(=O)c1cn[nH]c1C. The Hall–Kier alpha value is -2.35. The van der Waals surface area contributed by atoms with Crippen LogP contribution < -0.4 is 4.72 Å². The van der Waals surface area contributed by atoms with Gasteiger partial charge < -0.3 is 4.74 Å². The van der Waals surface area contributed by atoms with Crippen LogP contribution in [-0.2, 0) is 14.8 Å². The molecule has 0 fully saturated rings. The first-order chi connectivity index (χ1) is 9.45. The maximum Gasteiger partial charge on any atom is 0.339 e. The topological polar surface area (TPSA) is 101 Å². The molecule has 0 aliphatic carbocycles. The van der Waals surface area contributed by atoms with Gasteiger partial charge in [-0.3, -0.25) is 9.82 Å². The third-order valence-electron chi connectivity index (χ3n) is 2.65. The molecule has 0 bridgehead atoms. The minimum Gasteiger partial charge on any atom is -0.465 e. The third-order valence-corrected chi connectivity index (χ3v) is 4.13. The first-order valence-corrected chi connectivity index (χ1v) is 7.14. The van der Waals surface area contributed by atoms with Crippen molar-refractivity contribution in [1.29, 1.82) is 0 Å². The molecule has 2 rings (SSSR count). The highest BCUT2D eigenvalue weighted by Gasteiger charge is 2.21. The number of hydrogen-bond donors (Lipinski definition) is 2. The van der Waals surface area contributed by atoms with Gasteiger partial charge in [-0.1, -0.05) is 12.1 Å². The average Bonchev–Trinajstić information content (AvgIpc) is 2.85. The first kappa shape index (κ1) is 14.1. The van der Waals surface area contributed by atoms with Gasteiger partial charge >= 0.3 is 5.97 Å². The highest BCUT2D eigenvalue weighted by Crippen LogP contribution is 2.21. The Morgan fingerprint density at radius 3 is 2.65 bits per heavy atom. The fraction of sp³-hybridized carbons (Fsp3) is 0.167. The summed E-state index contributed by atoms with van der Waals surface area (Å²) in [6.45, 7) is 1.59. The average molecular weight is 295 g/mol. The Morgan fingerprint density at radius 2 is 2.05 bits per heavy atom. The van der Waals surface area contributed by atoms with Crippen LogP contribution in [0.4, 0.5) is 5.69 Å². The van der Waals surface area contributed by atoms with Crippen LogP contribution >= 0.6 is 0 Å². The molecule has 0 radical (unpaired) electrons. The van der Waals surface area contributed by atoms with E-state index in [1.807, 2.05) is 0 Å². The molecule has 0 amide bonds. The standard InChI is InChI=1S/C12H13N3O4S/c1-8-11(7-13-14-8)20(17,18)15-10-6-4-3-5-9(10)12(16)19-2/h3-7,15H,1-2H3,(H,13,14). The van der Waals surface area contributed by atoms with E-state index in [9.17, 15) is 13.2 Å². The van der Waals surface area contributed by atoms with Crippen LogP contribution in [0.5, 0.6) is 0 Å². The zero-order valence-electron chi connectivity index (χ0n) is 10.9. The summed E-state index contributed by atoms with van der Waals surface area (Å²) in [6, 6.07) is 6.20. The predicted molar refractivity (Wildman–Crippen MR) is 71.9 cm³/mol. The van der Waals surface area contributed by atoms with Crippen LogP contribution in [0.2, 0.25) is 0 Å². The lowest BCUT2D eigenvalue weighted by Gasteiger charge is -2.10. The third kappa shape index (κ3) is 2.64. The molecule has 0 aliphatic rings. The summed E-state index contributed by atoms with van der Waals surface area (Å²) >= 11 is 0. The van der Waals surface area contributed by atoms with Crippen LogP contribution in [0.1, 0.15) is 16.1 Å². The van der Waals surface area contributed by atoms with Gasteiger partial charge in [0.2, 0.25) is 0 Å². The number of sulfonamides is 1. The number of nitrogens with one attached hydrogen (secondary N) is 2. The Morgan fingerprint density at radius 1 is 1.35 bits per heavy atom. The van der Waals surface area contributed by atoms with Gasteiger partial charge in [0.1, 0.15) is 4.90 Å². The number of benzene rings is 1. The van der Waals surface area contributed by atoms with E-state index in [0.717, 1.165) is 0 Å². The molecule has 20 heavy (non-hydrogen) atoms. The van der Waals surface area contributed by atoms with Gasteiger partial charge in [-0.05, 0) is 19.1 Å². The second kappa shape index (κ2) is 5.33. The number of aromatic nitrogens is 2. The van der Waals surface area contributed by atoms with Crippen molar-refractivity contribution in [2.45, 2.75) is 11.8 Å². The summed E-state index contributed by atoms with van der Waals surface area (Å²) in [5, 5.41) is 6.22. The van der Waals surface area contributed by atoms with E-state index >= 15 is 0 Å². The number of carbonyl (C=O) groups is 1. The van der Waals surface area contributed by atoms with Gasteiger partial charge in [0.25, 0.3) is 10.0 Å². The first-order valence-electron chi connectivity index (χ1n) is 5.66. The maximum atomic E-state index is 12.2. The Balaban J connectivity index is 2.41. The lowest BCUT2D eigenvalue weighted by Crippen LogP contribution is -2.16. The molecular formula is C12H13N3O4S. The molecule has 0 saturated carbocycles. The highest BCUT2D eigenvalue weighted by atomic mass is 32.2. The molecule has 2 aromatic rings. The number of rotatable bonds is 4. The van der Waals surface area contributed by atoms with Crippen LogP contribution in [0.3, 0.4) is 0 Å². The van der Waals surface area contributed by atoms with Crippen molar-refractivity contribution in [3.05, 3.63) is 41.7 Å². The summed E-state index contributed by atoms with van der Waals surface area (Å²) in [7, 11) is -2.59. The van der Waals surface area contributed by atoms with E-state index in [2.05, 4.69) is 19.7 Å². The molecular weight excluding hydrogens is 282 g/mol. The Labute approximate surface area is 116 Å². The maximum absolute atomic E-state index is 12.2. The number of esters is 1. The Kier molecular flexibility index (Phi) is 3.75. The molecule has 8 heteroatoms. The monoisotopic (exact) mass is 295 g/mol. The van der Waals surface area contributed by atoms with Crippen LogP contribution in [-0.4, -0.2) is 31.7 Å². The number of aromatic amines is 1. The van der Waals surface area contributed by atoms with Crippen molar-refractivity contribution in [2.24, 2.45) is 0 Å². The van der Waals surface area contributed by atoms with Crippen LogP contribution in [0.25, 0.3) is 0 Å². The van der Waals surface area contributed by atoms with Crippen molar-refractivity contribution in [2.75, 3.05) is 11.8 Å². The summed E-state index contributed by atoms with van der Waals surface area (Å²) in [5.74, 6) is -0.618. The molecule has 7 nitrogen and oxygen atoms in total. The number of methoxy groups -OCH3 is 1. The van der Waals surface area contributed by atoms with Crippen LogP contribution in [0, 0.1) is 6.92 Å². The number of H-pyrrole nitrogens is 1. The minimum atomic E-state index is -3.82. The van der Waals surface area contributed by atoms with E-state index in [-0.39, 0.29) is 16.1 Å². The molecule has 1 aromatic carbocycles. The van der Waals surface area contributed by atoms with Crippen molar-refractivity contribution >= 4 is 21.7 Å². The van der Waals surface area contributed by atoms with Crippen molar-refractivity contribution in [1.82, 2.24) is 10.2 Å². The number of carbonyl (C=O) groups excluding carboxylic acids is 1. The fourth-order valence-corrected chi connectivity index (χ4v) is 2.89. The van der Waals surface area contributed by atoms with Gasteiger partial charge in [-0.2, -0.15) is 5.10 Å². The summed E-state index contributed by atoms with van der Waals surface area (Å²) in [4.78, 5) is 11.6. The predicted octanol–water partition coefficient (Wildman–Crippen LogP) is 1.31. The molecule has 0 spiro atoms. The largest absolute Gasteiger partial charge is 0.465 e. The number of ether oxygens (including phenoxy) is 1. The molecule has 1 aromatic heterocycles. The lowest BCUT2D eigenvalue weighted by molar-refractivity contribution is 0.0602. The summed E-state index contributed by atoms with van der Waals surface area (Å²) < 4.78 is 31.4. The highest BCUT2D eigenvalue weighted by molar-refractivity contribution is 7.92. The molecule has 2 N–H and O–H groups in total. The van der Waals surface area contributed by atoms with Gasteiger partial charge in [0.05, 0.1) is 30.3 Å². The van der Waals surface area contributed by atoms with Gasteiger partial charge in [-0.15, -0.1) is 0 Å².